The molecule has 9 heavy (non-hydrogen) atoms. The molecule has 2 N–H and O–H groups in total. The van der Waals surface area contributed by atoms with Crippen LogP contribution in [0.15, 0.2) is 6.20 Å². The lowest BCUT2D eigenvalue weighted by atomic mass is 10.5. The molecule has 0 saturated carbocycles. The molecule has 0 aliphatic carbocycles. The second kappa shape index (κ2) is 1.97. The minimum Gasteiger partial charge on any atom is -0.380 e. The lowest BCUT2D eigenvalue weighted by Crippen LogP contribution is -1.98. The van der Waals surface area contributed by atoms with Gasteiger partial charge in [-0.3, -0.25) is 0 Å². The third kappa shape index (κ3) is 1.13. The van der Waals surface area contributed by atoms with Crippen molar-refractivity contribution in [2.75, 3.05) is 5.73 Å². The number of halogens is 1. The highest BCUT2D eigenvalue weighted by Crippen LogP contribution is 2.00. The largest absolute Gasteiger partial charge is 0.380 e. The summed E-state index contributed by atoms with van der Waals surface area (Å²) in [4.78, 5) is 6.94. The van der Waals surface area contributed by atoms with Gasteiger partial charge >= 0.3 is 0 Å². The van der Waals surface area contributed by atoms with E-state index in [0.717, 1.165) is 0 Å². The zero-order valence-electron chi connectivity index (χ0n) is 4.93. The summed E-state index contributed by atoms with van der Waals surface area (Å²) in [6.07, 6.45) is 1.42. The molecule has 0 unspecified atom stereocenters. The molecule has 1 aromatic rings. The van der Waals surface area contributed by atoms with Gasteiger partial charge in [-0.15, -0.1) is 0 Å². The Kier molecular flexibility index (Phi) is 1.30. The molecule has 4 heteroatoms. The summed E-state index contributed by atoms with van der Waals surface area (Å²) >= 11 is 0. The molecule has 0 aromatic carbocycles. The molecule has 1 aromatic heterocycles. The number of nitrogen functional groups attached to an aromatic ring is 1. The molecule has 0 amide bonds. The quantitative estimate of drug-likeness (QED) is 0.552. The van der Waals surface area contributed by atoms with E-state index in [9.17, 15) is 4.39 Å². The molecule has 3 nitrogen and oxygen atoms in total. The first-order chi connectivity index (χ1) is 4.20. The van der Waals surface area contributed by atoms with E-state index in [1.165, 1.54) is 6.20 Å². The minimum absolute atomic E-state index is 0.152. The van der Waals surface area contributed by atoms with Gasteiger partial charge in [0, 0.05) is 0 Å². The summed E-state index contributed by atoms with van der Waals surface area (Å²) in [7, 11) is 0. The fourth-order valence-corrected chi connectivity index (χ4v) is 0.457. The van der Waals surface area contributed by atoms with E-state index in [0.29, 0.717) is 5.69 Å². The van der Waals surface area contributed by atoms with Crippen molar-refractivity contribution in [1.29, 1.82) is 0 Å². The van der Waals surface area contributed by atoms with Crippen molar-refractivity contribution in [3.05, 3.63) is 17.8 Å². The van der Waals surface area contributed by atoms with Crippen molar-refractivity contribution in [3.8, 4) is 0 Å². The number of aryl methyl sites for hydroxylation is 1. The third-order valence-electron chi connectivity index (χ3n) is 0.876. The maximum Gasteiger partial charge on any atom is 0.255 e. The average Bonchev–Trinajstić information content (AvgIpc) is 1.80. The maximum atomic E-state index is 12.3. The maximum absolute atomic E-state index is 12.3. The van der Waals surface area contributed by atoms with E-state index in [1.54, 1.807) is 6.92 Å². The van der Waals surface area contributed by atoms with Crippen LogP contribution in [-0.4, -0.2) is 9.97 Å². The van der Waals surface area contributed by atoms with Gasteiger partial charge in [0.25, 0.3) is 5.95 Å². The Morgan fingerprint density at radius 3 is 2.78 bits per heavy atom. The van der Waals surface area contributed by atoms with Crippen molar-refractivity contribution < 1.29 is 4.39 Å². The summed E-state index contributed by atoms with van der Waals surface area (Å²) in [5, 5.41) is 0. The van der Waals surface area contributed by atoms with E-state index in [-0.39, 0.29) is 5.82 Å². The van der Waals surface area contributed by atoms with E-state index < -0.39 is 5.95 Å². The lowest BCUT2D eigenvalue weighted by molar-refractivity contribution is 0.579. The smallest absolute Gasteiger partial charge is 0.255 e. The molecule has 1 rings (SSSR count). The first-order valence-electron chi connectivity index (χ1n) is 2.45. The molecule has 0 spiro atoms. The Balaban J connectivity index is 3.17. The van der Waals surface area contributed by atoms with Crippen LogP contribution in [0.1, 0.15) is 5.69 Å². The van der Waals surface area contributed by atoms with Crippen LogP contribution in [0.4, 0.5) is 10.2 Å². The Labute approximate surface area is 51.7 Å². The van der Waals surface area contributed by atoms with Crippen LogP contribution in [0.25, 0.3) is 0 Å². The second-order valence-corrected chi connectivity index (χ2v) is 1.69. The summed E-state index contributed by atoms with van der Waals surface area (Å²) in [5.74, 6) is -0.851. The lowest BCUT2D eigenvalue weighted by Gasteiger charge is -1.92. The number of hydrogen-bond acceptors (Lipinski definition) is 3. The van der Waals surface area contributed by atoms with Crippen molar-refractivity contribution in [2.45, 2.75) is 6.92 Å². The number of nitrogens with two attached hydrogens (primary N) is 1. The normalized spacial score (nSPS) is 9.56. The molecule has 0 saturated heterocycles. The van der Waals surface area contributed by atoms with E-state index in [4.69, 9.17) is 5.73 Å². The van der Waals surface area contributed by atoms with Crippen LogP contribution < -0.4 is 5.73 Å². The van der Waals surface area contributed by atoms with Crippen LogP contribution in [0, 0.1) is 12.9 Å². The van der Waals surface area contributed by atoms with Crippen molar-refractivity contribution in [1.82, 2.24) is 9.97 Å². The fraction of sp³-hybridized carbons (Fsp3) is 0.200. The van der Waals surface area contributed by atoms with Crippen LogP contribution in [-0.2, 0) is 0 Å². The zero-order chi connectivity index (χ0) is 6.85. The van der Waals surface area contributed by atoms with Gasteiger partial charge in [-0.05, 0) is 6.92 Å². The highest BCUT2D eigenvalue weighted by atomic mass is 19.1. The van der Waals surface area contributed by atoms with E-state index in [1.807, 2.05) is 0 Å². The van der Waals surface area contributed by atoms with Crippen LogP contribution in [0.5, 0.6) is 0 Å². The van der Waals surface area contributed by atoms with Gasteiger partial charge in [-0.2, -0.15) is 4.39 Å². The molecule has 0 fully saturated rings. The molecule has 0 atom stereocenters. The van der Waals surface area contributed by atoms with Crippen LogP contribution in [0.3, 0.4) is 0 Å². The van der Waals surface area contributed by atoms with E-state index in [2.05, 4.69) is 9.97 Å². The zero-order valence-corrected chi connectivity index (χ0v) is 4.93. The first kappa shape index (κ1) is 5.94. The predicted octanol–water partition coefficient (Wildman–Crippen LogP) is 0.506. The van der Waals surface area contributed by atoms with Gasteiger partial charge in [0.2, 0.25) is 0 Å². The van der Waals surface area contributed by atoms with Crippen LogP contribution in [0.2, 0.25) is 0 Å². The highest BCUT2D eigenvalue weighted by molar-refractivity contribution is 5.24. The fourth-order valence-electron chi connectivity index (χ4n) is 0.457. The molecule has 48 valence electrons. The Morgan fingerprint density at radius 2 is 2.33 bits per heavy atom. The Hall–Kier alpha value is -1.19. The predicted molar refractivity (Wildman–Crippen MR) is 31.1 cm³/mol. The number of nitrogens with zero attached hydrogens (tertiary/aromatic N) is 2. The summed E-state index contributed by atoms with van der Waals surface area (Å²) < 4.78 is 12.3. The van der Waals surface area contributed by atoms with Gasteiger partial charge in [0.05, 0.1) is 11.9 Å². The topological polar surface area (TPSA) is 51.8 Å². The van der Waals surface area contributed by atoms with E-state index >= 15 is 0 Å². The first-order valence-corrected chi connectivity index (χ1v) is 2.45. The van der Waals surface area contributed by atoms with Crippen LogP contribution >= 0.6 is 0 Å². The summed E-state index contributed by atoms with van der Waals surface area (Å²) in [6, 6.07) is 0. The minimum atomic E-state index is -0.699. The molecule has 0 radical (unpaired) electrons. The number of hydrogen-bond donors (Lipinski definition) is 1. The molecule has 1 heterocycles. The third-order valence-corrected chi connectivity index (χ3v) is 0.876. The van der Waals surface area contributed by atoms with Crippen molar-refractivity contribution >= 4 is 5.82 Å². The molecule has 0 aliphatic rings. The van der Waals surface area contributed by atoms with Gasteiger partial charge in [0.15, 0.2) is 5.82 Å². The number of rotatable bonds is 0. The summed E-state index contributed by atoms with van der Waals surface area (Å²) in [6.45, 7) is 1.65. The standard InChI is InChI=1S/C5H6FN3/c1-3-2-8-5(7)4(6)9-3/h2H,1H3,(H2,7,8). The second-order valence-electron chi connectivity index (χ2n) is 1.69. The Morgan fingerprint density at radius 1 is 1.67 bits per heavy atom. The Bertz CT molecular complexity index is 223. The average molecular weight is 127 g/mol. The summed E-state index contributed by atoms with van der Waals surface area (Å²) in [5.41, 5.74) is 5.57. The van der Waals surface area contributed by atoms with Crippen molar-refractivity contribution in [3.63, 3.8) is 0 Å². The number of anilines is 1. The monoisotopic (exact) mass is 127 g/mol. The molecule has 0 aliphatic heterocycles. The number of aromatic nitrogens is 2. The SMILES string of the molecule is Cc1cnc(N)c(F)n1. The van der Waals surface area contributed by atoms with Gasteiger partial charge in [0.1, 0.15) is 0 Å². The molecular formula is C5H6FN3. The molecule has 0 bridgehead atoms. The van der Waals surface area contributed by atoms with Gasteiger partial charge < -0.3 is 5.73 Å². The van der Waals surface area contributed by atoms with Gasteiger partial charge in [-0.1, -0.05) is 0 Å². The van der Waals surface area contributed by atoms with Gasteiger partial charge in [-0.25, -0.2) is 9.97 Å². The van der Waals surface area contributed by atoms with Crippen molar-refractivity contribution in [2.24, 2.45) is 0 Å². The molecular weight excluding hydrogens is 121 g/mol. The highest BCUT2D eigenvalue weighted by Gasteiger charge is 1.97.